The quantitative estimate of drug-likeness (QED) is 0.532. The highest BCUT2D eigenvalue weighted by Gasteiger charge is 2.49. The number of morpholine rings is 1. The summed E-state index contributed by atoms with van der Waals surface area (Å²) in [4.78, 5) is 20.8. The fourth-order valence-electron chi connectivity index (χ4n) is 6.24. The SMILES string of the molecule is O=C(C1CCN1S(=O)(=O)c1ccc(N2CCC(O)C2)c(-c2cc3ccccc3[nH]2)c1)N1C[C@@H]2C[C@H]1CO2. The molecule has 0 spiro atoms. The van der Waals surface area contributed by atoms with Crippen LogP contribution in [0.5, 0.6) is 0 Å². The molecule has 4 aliphatic rings. The monoisotopic (exact) mass is 522 g/mol. The molecule has 4 fully saturated rings. The lowest BCUT2D eigenvalue weighted by atomic mass is 10.1. The molecule has 4 aliphatic heterocycles. The molecule has 2 bridgehead atoms. The van der Waals surface area contributed by atoms with Gasteiger partial charge in [-0.1, -0.05) is 18.2 Å². The van der Waals surface area contributed by atoms with Crippen molar-refractivity contribution in [2.45, 2.75) is 48.4 Å². The van der Waals surface area contributed by atoms with Crippen LogP contribution in [0.2, 0.25) is 0 Å². The van der Waals surface area contributed by atoms with Crippen molar-refractivity contribution in [1.29, 1.82) is 0 Å². The van der Waals surface area contributed by atoms with Gasteiger partial charge in [0.1, 0.15) is 6.04 Å². The number of hydrogen-bond donors (Lipinski definition) is 2. The van der Waals surface area contributed by atoms with Crippen LogP contribution in [-0.4, -0.2) is 90.7 Å². The van der Waals surface area contributed by atoms with Crippen LogP contribution in [0.3, 0.4) is 0 Å². The topological polar surface area (TPSA) is 106 Å². The van der Waals surface area contributed by atoms with Gasteiger partial charge >= 0.3 is 0 Å². The number of β-amino-alcohol motifs (C(OH)–C–C–N with tert-alkyl or cyclic N) is 1. The van der Waals surface area contributed by atoms with E-state index in [2.05, 4.69) is 9.88 Å². The molecule has 5 heterocycles. The highest BCUT2D eigenvalue weighted by Crippen LogP contribution is 2.38. The van der Waals surface area contributed by atoms with Crippen LogP contribution in [0.4, 0.5) is 5.69 Å². The average molecular weight is 523 g/mol. The number of hydrogen-bond acceptors (Lipinski definition) is 6. The van der Waals surface area contributed by atoms with Gasteiger partial charge in [0.25, 0.3) is 0 Å². The van der Waals surface area contributed by atoms with Gasteiger partial charge in [0, 0.05) is 54.0 Å². The molecule has 3 aromatic rings. The molecule has 0 saturated carbocycles. The maximum absolute atomic E-state index is 13.8. The summed E-state index contributed by atoms with van der Waals surface area (Å²) < 4.78 is 34.6. The number of aromatic amines is 1. The van der Waals surface area contributed by atoms with E-state index in [-0.39, 0.29) is 22.9 Å². The van der Waals surface area contributed by atoms with E-state index in [9.17, 15) is 18.3 Å². The van der Waals surface area contributed by atoms with Gasteiger partial charge in [0.05, 0.1) is 29.8 Å². The molecular weight excluding hydrogens is 492 g/mol. The third kappa shape index (κ3) is 3.77. The number of aliphatic hydroxyl groups is 1. The molecule has 2 aromatic carbocycles. The maximum atomic E-state index is 13.8. The van der Waals surface area contributed by atoms with Crippen LogP contribution in [0.25, 0.3) is 22.2 Å². The van der Waals surface area contributed by atoms with E-state index in [1.807, 2.05) is 41.3 Å². The molecule has 7 rings (SSSR count). The second-order valence-electron chi connectivity index (χ2n) is 10.6. The van der Waals surface area contributed by atoms with Crippen LogP contribution in [0, 0.1) is 0 Å². The number of benzene rings is 2. The molecule has 9 nitrogen and oxygen atoms in total. The summed E-state index contributed by atoms with van der Waals surface area (Å²) in [5.74, 6) is -0.107. The summed E-state index contributed by atoms with van der Waals surface area (Å²) in [6.45, 7) is 2.62. The van der Waals surface area contributed by atoms with Crippen molar-refractivity contribution in [2.24, 2.45) is 0 Å². The molecule has 4 saturated heterocycles. The highest BCUT2D eigenvalue weighted by atomic mass is 32.2. The number of likely N-dealkylation sites (tertiary alicyclic amines) is 1. The second-order valence-corrected chi connectivity index (χ2v) is 12.5. The molecule has 4 atom stereocenters. The first-order valence-electron chi connectivity index (χ1n) is 13.0. The minimum absolute atomic E-state index is 0.0614. The average Bonchev–Trinajstić information content (AvgIpc) is 3.66. The van der Waals surface area contributed by atoms with E-state index in [0.29, 0.717) is 45.6 Å². The second kappa shape index (κ2) is 8.56. The molecule has 194 valence electrons. The summed E-state index contributed by atoms with van der Waals surface area (Å²) in [6.07, 6.45) is 1.72. The van der Waals surface area contributed by atoms with Gasteiger partial charge in [-0.15, -0.1) is 0 Å². The first-order valence-corrected chi connectivity index (χ1v) is 14.4. The third-order valence-corrected chi connectivity index (χ3v) is 10.2. The normalized spacial score (nSPS) is 27.8. The largest absolute Gasteiger partial charge is 0.391 e. The number of nitrogens with one attached hydrogen (secondary N) is 1. The number of amides is 1. The molecule has 2 unspecified atom stereocenters. The first-order chi connectivity index (χ1) is 17.9. The Kier molecular flexibility index (Phi) is 5.37. The zero-order valence-corrected chi connectivity index (χ0v) is 21.2. The standard InChI is InChI=1S/C27H30N4O5S/c32-19-7-9-29(14-19)25-6-5-21(13-22(25)24-11-17-3-1-2-4-23(17)28-24)37(34,35)31-10-8-26(31)27(33)30-15-20-12-18(30)16-36-20/h1-6,11,13,18-20,26,28,32H,7-10,12,14-16H2/t18-,19?,20-,26?/m0/s1. The smallest absolute Gasteiger partial charge is 0.243 e. The van der Waals surface area contributed by atoms with Crippen molar-refractivity contribution < 1.29 is 23.1 Å². The number of para-hydroxylation sites is 1. The molecule has 37 heavy (non-hydrogen) atoms. The number of aliphatic hydroxyl groups excluding tert-OH is 1. The summed E-state index contributed by atoms with van der Waals surface area (Å²) in [6, 6.07) is 14.5. The summed E-state index contributed by atoms with van der Waals surface area (Å²) in [5.41, 5.74) is 3.43. The zero-order valence-electron chi connectivity index (χ0n) is 20.4. The predicted molar refractivity (Wildman–Crippen MR) is 139 cm³/mol. The number of nitrogens with zero attached hydrogens (tertiary/aromatic N) is 3. The Balaban J connectivity index is 1.24. The fraction of sp³-hybridized carbons (Fsp3) is 0.444. The minimum atomic E-state index is -3.88. The number of aromatic nitrogens is 1. The highest BCUT2D eigenvalue weighted by molar-refractivity contribution is 7.89. The van der Waals surface area contributed by atoms with Crippen molar-refractivity contribution in [1.82, 2.24) is 14.2 Å². The molecule has 2 N–H and O–H groups in total. The Hall–Kier alpha value is -2.92. The number of H-pyrrole nitrogens is 1. The number of ether oxygens (including phenoxy) is 1. The van der Waals surface area contributed by atoms with Crippen LogP contribution in [0.15, 0.2) is 53.4 Å². The van der Waals surface area contributed by atoms with Crippen molar-refractivity contribution >= 4 is 32.5 Å². The summed E-state index contributed by atoms with van der Waals surface area (Å²) in [5, 5.41) is 11.2. The molecule has 0 radical (unpaired) electrons. The molecule has 1 aromatic heterocycles. The lowest BCUT2D eigenvalue weighted by Gasteiger charge is -2.41. The summed E-state index contributed by atoms with van der Waals surface area (Å²) in [7, 11) is -3.88. The van der Waals surface area contributed by atoms with Crippen LogP contribution >= 0.6 is 0 Å². The van der Waals surface area contributed by atoms with Crippen LogP contribution in [0.1, 0.15) is 19.3 Å². The molecule has 1 amide bonds. The minimum Gasteiger partial charge on any atom is -0.391 e. The Morgan fingerprint density at radius 1 is 1.05 bits per heavy atom. The first kappa shape index (κ1) is 23.2. The van der Waals surface area contributed by atoms with Crippen molar-refractivity contribution in [3.05, 3.63) is 48.5 Å². The van der Waals surface area contributed by atoms with Gasteiger partial charge in [0.15, 0.2) is 0 Å². The van der Waals surface area contributed by atoms with Crippen molar-refractivity contribution in [3.63, 3.8) is 0 Å². The Morgan fingerprint density at radius 2 is 1.92 bits per heavy atom. The van der Waals surface area contributed by atoms with Gasteiger partial charge in [-0.25, -0.2) is 8.42 Å². The summed E-state index contributed by atoms with van der Waals surface area (Å²) >= 11 is 0. The fourth-order valence-corrected chi connectivity index (χ4v) is 7.89. The number of carbonyl (C=O) groups is 1. The van der Waals surface area contributed by atoms with Crippen LogP contribution in [-0.2, 0) is 19.6 Å². The van der Waals surface area contributed by atoms with Gasteiger partial charge in [0.2, 0.25) is 15.9 Å². The van der Waals surface area contributed by atoms with Gasteiger partial charge in [-0.3, -0.25) is 4.79 Å². The molecule has 0 aliphatic carbocycles. The van der Waals surface area contributed by atoms with Gasteiger partial charge in [-0.05, 0) is 49.6 Å². The predicted octanol–water partition coefficient (Wildman–Crippen LogP) is 2.17. The lowest BCUT2D eigenvalue weighted by Crippen LogP contribution is -2.60. The number of carbonyl (C=O) groups excluding carboxylic acids is 1. The maximum Gasteiger partial charge on any atom is 0.243 e. The molecule has 10 heteroatoms. The van der Waals surface area contributed by atoms with E-state index in [1.165, 1.54) is 4.31 Å². The number of anilines is 1. The number of rotatable bonds is 5. The van der Waals surface area contributed by atoms with Gasteiger partial charge < -0.3 is 24.6 Å². The zero-order chi connectivity index (χ0) is 25.3. The Bertz CT molecular complexity index is 1450. The van der Waals surface area contributed by atoms with E-state index >= 15 is 0 Å². The Labute approximate surface area is 215 Å². The van der Waals surface area contributed by atoms with Crippen molar-refractivity contribution in [3.8, 4) is 11.3 Å². The number of fused-ring (bicyclic) bond motifs is 3. The third-order valence-electron chi connectivity index (χ3n) is 8.34. The van der Waals surface area contributed by atoms with Gasteiger partial charge in [-0.2, -0.15) is 4.31 Å². The van der Waals surface area contributed by atoms with E-state index in [4.69, 9.17) is 4.74 Å². The van der Waals surface area contributed by atoms with E-state index in [0.717, 1.165) is 34.3 Å². The van der Waals surface area contributed by atoms with Crippen molar-refractivity contribution in [2.75, 3.05) is 37.7 Å². The number of sulfonamides is 1. The van der Waals surface area contributed by atoms with Crippen LogP contribution < -0.4 is 4.90 Å². The Morgan fingerprint density at radius 3 is 2.59 bits per heavy atom. The molecular formula is C27H30N4O5S. The van der Waals surface area contributed by atoms with E-state index < -0.39 is 22.2 Å². The lowest BCUT2D eigenvalue weighted by molar-refractivity contribution is -0.142. The van der Waals surface area contributed by atoms with E-state index in [1.54, 1.807) is 12.1 Å².